The van der Waals surface area contributed by atoms with Crippen molar-refractivity contribution in [1.82, 2.24) is 14.7 Å². The van der Waals surface area contributed by atoms with E-state index in [2.05, 4.69) is 5.10 Å². The molecule has 1 aliphatic heterocycles. The smallest absolute Gasteiger partial charge is 0.257 e. The fraction of sp³-hybridized carbons (Fsp3) is 0.412. The van der Waals surface area contributed by atoms with E-state index in [0.717, 1.165) is 12.2 Å². The van der Waals surface area contributed by atoms with Crippen LogP contribution in [0.4, 0.5) is 0 Å². The Morgan fingerprint density at radius 2 is 2.17 bits per heavy atom. The van der Waals surface area contributed by atoms with E-state index in [0.29, 0.717) is 25.3 Å². The molecule has 0 aliphatic carbocycles. The number of nitrogens with zero attached hydrogens (tertiary/aromatic N) is 3. The highest BCUT2D eigenvalue weighted by molar-refractivity contribution is 5.93. The van der Waals surface area contributed by atoms with Crippen LogP contribution < -0.4 is 4.74 Å². The molecule has 1 fully saturated rings. The molecule has 0 saturated carbocycles. The average Bonchev–Trinajstić information content (AvgIpc) is 3.01. The molecular formula is C17H21N3O3. The number of aromatic nitrogens is 2. The number of ether oxygens (including phenoxy) is 2. The lowest BCUT2D eigenvalue weighted by molar-refractivity contribution is -0.0208. The van der Waals surface area contributed by atoms with E-state index in [1.807, 2.05) is 36.2 Å². The number of morpholine rings is 1. The van der Waals surface area contributed by atoms with Crippen molar-refractivity contribution in [1.29, 1.82) is 0 Å². The molecule has 2 heterocycles. The maximum absolute atomic E-state index is 12.5. The van der Waals surface area contributed by atoms with Gasteiger partial charge < -0.3 is 14.4 Å². The molecule has 6 nitrogen and oxygen atoms in total. The Labute approximate surface area is 135 Å². The molecule has 1 amide bonds. The molecule has 23 heavy (non-hydrogen) atoms. The van der Waals surface area contributed by atoms with Gasteiger partial charge in [0.15, 0.2) is 0 Å². The summed E-state index contributed by atoms with van der Waals surface area (Å²) in [5.74, 6) is 0.854. The van der Waals surface area contributed by atoms with Crippen LogP contribution in [0.15, 0.2) is 36.7 Å². The SMILES string of the molecule is COc1ccc(CC2CN(C(=O)c3cnn(C)c3)CCO2)cc1. The highest BCUT2D eigenvalue weighted by Crippen LogP contribution is 2.17. The fourth-order valence-electron chi connectivity index (χ4n) is 2.77. The van der Waals surface area contributed by atoms with Gasteiger partial charge in [0.05, 0.1) is 31.6 Å². The van der Waals surface area contributed by atoms with Crippen LogP contribution in [0.5, 0.6) is 5.75 Å². The molecule has 6 heteroatoms. The van der Waals surface area contributed by atoms with Crippen molar-refractivity contribution in [3.05, 3.63) is 47.8 Å². The summed E-state index contributed by atoms with van der Waals surface area (Å²) in [6, 6.07) is 7.95. The molecule has 1 saturated heterocycles. The van der Waals surface area contributed by atoms with E-state index >= 15 is 0 Å². The van der Waals surface area contributed by atoms with Crippen molar-refractivity contribution in [2.45, 2.75) is 12.5 Å². The second-order valence-electron chi connectivity index (χ2n) is 5.70. The minimum atomic E-state index is 0.0118. The lowest BCUT2D eigenvalue weighted by atomic mass is 10.1. The fourth-order valence-corrected chi connectivity index (χ4v) is 2.77. The lowest BCUT2D eigenvalue weighted by Gasteiger charge is -2.33. The molecule has 2 aromatic rings. The van der Waals surface area contributed by atoms with Crippen LogP contribution in [0.1, 0.15) is 15.9 Å². The summed E-state index contributed by atoms with van der Waals surface area (Å²) in [6.07, 6.45) is 4.14. The van der Waals surface area contributed by atoms with E-state index in [1.165, 1.54) is 5.56 Å². The number of hydrogen-bond acceptors (Lipinski definition) is 4. The molecule has 1 aromatic heterocycles. The van der Waals surface area contributed by atoms with Gasteiger partial charge in [-0.3, -0.25) is 9.48 Å². The number of aryl methyl sites for hydroxylation is 1. The predicted molar refractivity (Wildman–Crippen MR) is 85.5 cm³/mol. The molecule has 0 radical (unpaired) electrons. The molecule has 122 valence electrons. The monoisotopic (exact) mass is 315 g/mol. The summed E-state index contributed by atoms with van der Waals surface area (Å²) >= 11 is 0. The Kier molecular flexibility index (Phi) is 4.62. The van der Waals surface area contributed by atoms with Crippen molar-refractivity contribution < 1.29 is 14.3 Å². The highest BCUT2D eigenvalue weighted by atomic mass is 16.5. The average molecular weight is 315 g/mol. The van der Waals surface area contributed by atoms with Crippen molar-refractivity contribution in [2.24, 2.45) is 7.05 Å². The molecule has 1 aliphatic rings. The molecule has 0 spiro atoms. The maximum atomic E-state index is 12.5. The van der Waals surface area contributed by atoms with Gasteiger partial charge in [-0.05, 0) is 17.7 Å². The largest absolute Gasteiger partial charge is 0.497 e. The Morgan fingerprint density at radius 1 is 1.39 bits per heavy atom. The lowest BCUT2D eigenvalue weighted by Crippen LogP contribution is -2.46. The number of carbonyl (C=O) groups excluding carboxylic acids is 1. The Morgan fingerprint density at radius 3 is 2.83 bits per heavy atom. The number of amides is 1. The Balaban J connectivity index is 1.62. The van der Waals surface area contributed by atoms with Gasteiger partial charge in [0.1, 0.15) is 5.75 Å². The van der Waals surface area contributed by atoms with Gasteiger partial charge in [0, 0.05) is 32.8 Å². The zero-order valence-electron chi connectivity index (χ0n) is 13.4. The standard InChI is InChI=1S/C17H21N3O3/c1-19-11-14(10-18-19)17(21)20-7-8-23-16(12-20)9-13-3-5-15(22-2)6-4-13/h3-6,10-11,16H,7-9,12H2,1-2H3. The normalized spacial score (nSPS) is 18.0. The van der Waals surface area contributed by atoms with Crippen LogP contribution in [0, 0.1) is 0 Å². The first kappa shape index (κ1) is 15.6. The van der Waals surface area contributed by atoms with Crippen LogP contribution >= 0.6 is 0 Å². The number of carbonyl (C=O) groups is 1. The third-order valence-electron chi connectivity index (χ3n) is 4.00. The molecule has 1 atom stereocenters. The minimum Gasteiger partial charge on any atom is -0.497 e. The van der Waals surface area contributed by atoms with E-state index < -0.39 is 0 Å². The van der Waals surface area contributed by atoms with Crippen molar-refractivity contribution in [2.75, 3.05) is 26.8 Å². The van der Waals surface area contributed by atoms with Gasteiger partial charge in [-0.15, -0.1) is 0 Å². The number of rotatable bonds is 4. The Hall–Kier alpha value is -2.34. The first-order valence-electron chi connectivity index (χ1n) is 7.68. The summed E-state index contributed by atoms with van der Waals surface area (Å²) in [4.78, 5) is 14.3. The third kappa shape index (κ3) is 3.71. The summed E-state index contributed by atoms with van der Waals surface area (Å²) in [5, 5.41) is 4.06. The molecule has 1 unspecified atom stereocenters. The Bertz CT molecular complexity index is 666. The van der Waals surface area contributed by atoms with Crippen molar-refractivity contribution in [3.63, 3.8) is 0 Å². The number of benzene rings is 1. The van der Waals surface area contributed by atoms with Gasteiger partial charge in [-0.25, -0.2) is 0 Å². The van der Waals surface area contributed by atoms with Gasteiger partial charge in [-0.2, -0.15) is 5.10 Å². The van der Waals surface area contributed by atoms with Crippen LogP contribution in [0.3, 0.4) is 0 Å². The van der Waals surface area contributed by atoms with E-state index in [1.54, 1.807) is 24.2 Å². The quantitative estimate of drug-likeness (QED) is 0.858. The molecule has 0 N–H and O–H groups in total. The van der Waals surface area contributed by atoms with Crippen LogP contribution in [-0.2, 0) is 18.2 Å². The third-order valence-corrected chi connectivity index (χ3v) is 4.00. The summed E-state index contributed by atoms with van der Waals surface area (Å²) < 4.78 is 12.6. The highest BCUT2D eigenvalue weighted by Gasteiger charge is 2.25. The van der Waals surface area contributed by atoms with E-state index in [9.17, 15) is 4.79 Å². The second-order valence-corrected chi connectivity index (χ2v) is 5.70. The van der Waals surface area contributed by atoms with Gasteiger partial charge in [0.2, 0.25) is 0 Å². The zero-order valence-corrected chi connectivity index (χ0v) is 13.4. The molecule has 0 bridgehead atoms. The second kappa shape index (κ2) is 6.83. The first-order chi connectivity index (χ1) is 11.2. The molecule has 1 aromatic carbocycles. The van der Waals surface area contributed by atoms with E-state index in [4.69, 9.17) is 9.47 Å². The van der Waals surface area contributed by atoms with Gasteiger partial charge >= 0.3 is 0 Å². The van der Waals surface area contributed by atoms with Crippen molar-refractivity contribution in [3.8, 4) is 5.75 Å². The first-order valence-corrected chi connectivity index (χ1v) is 7.68. The maximum Gasteiger partial charge on any atom is 0.257 e. The van der Waals surface area contributed by atoms with Gasteiger partial charge in [0.25, 0.3) is 5.91 Å². The minimum absolute atomic E-state index is 0.0118. The van der Waals surface area contributed by atoms with Gasteiger partial charge in [-0.1, -0.05) is 12.1 Å². The summed E-state index contributed by atoms with van der Waals surface area (Å²) in [6.45, 7) is 1.78. The zero-order chi connectivity index (χ0) is 16.2. The predicted octanol–water partition coefficient (Wildman–Crippen LogP) is 1.51. The van der Waals surface area contributed by atoms with Crippen LogP contribution in [-0.4, -0.2) is 53.5 Å². The topological polar surface area (TPSA) is 56.6 Å². The van der Waals surface area contributed by atoms with E-state index in [-0.39, 0.29) is 12.0 Å². The summed E-state index contributed by atoms with van der Waals surface area (Å²) in [5.41, 5.74) is 1.80. The number of methoxy groups -OCH3 is 1. The van der Waals surface area contributed by atoms with Crippen LogP contribution in [0.2, 0.25) is 0 Å². The molecular weight excluding hydrogens is 294 g/mol. The summed E-state index contributed by atoms with van der Waals surface area (Å²) in [7, 11) is 3.46. The molecule has 3 rings (SSSR count). The van der Waals surface area contributed by atoms with Crippen LogP contribution in [0.25, 0.3) is 0 Å². The number of hydrogen-bond donors (Lipinski definition) is 0. The van der Waals surface area contributed by atoms with Crippen molar-refractivity contribution >= 4 is 5.91 Å².